The van der Waals surface area contributed by atoms with Crippen LogP contribution in [0.1, 0.15) is 52.4 Å². The molecule has 0 heterocycles. The van der Waals surface area contributed by atoms with E-state index in [1.165, 1.54) is 0 Å². The highest BCUT2D eigenvalue weighted by molar-refractivity contribution is 5.92. The van der Waals surface area contributed by atoms with E-state index in [0.717, 1.165) is 32.1 Å². The topological polar surface area (TPSA) is 46.2 Å². The number of nitrogens with one attached hydrogen (secondary N) is 1. The zero-order valence-electron chi connectivity index (χ0n) is 12.1. The summed E-state index contributed by atoms with van der Waals surface area (Å²) in [4.78, 5) is 24.1. The quantitative estimate of drug-likeness (QED) is 0.845. The Kier molecular flexibility index (Phi) is 4.45. The van der Waals surface area contributed by atoms with Gasteiger partial charge in [-0.2, -0.15) is 0 Å². The number of rotatable bonds is 5. The van der Waals surface area contributed by atoms with Crippen molar-refractivity contribution in [3.8, 4) is 0 Å². The van der Waals surface area contributed by atoms with Crippen molar-refractivity contribution in [2.45, 2.75) is 64.3 Å². The van der Waals surface area contributed by atoms with Crippen molar-refractivity contribution in [3.63, 3.8) is 0 Å². The van der Waals surface area contributed by atoms with Crippen LogP contribution in [0.3, 0.4) is 0 Å². The van der Waals surface area contributed by atoms with Crippen molar-refractivity contribution in [2.75, 3.05) is 0 Å². The third-order valence-corrected chi connectivity index (χ3v) is 4.44. The van der Waals surface area contributed by atoms with Gasteiger partial charge in [0, 0.05) is 12.3 Å². The number of carbonyl (C=O) groups excluding carboxylic acids is 2. The molecule has 0 unspecified atom stereocenters. The molecule has 2 aliphatic rings. The number of hydrogen-bond donors (Lipinski definition) is 1. The summed E-state index contributed by atoms with van der Waals surface area (Å²) >= 11 is 0. The summed E-state index contributed by atoms with van der Waals surface area (Å²) < 4.78 is 25.9. The van der Waals surface area contributed by atoms with Gasteiger partial charge in [0.25, 0.3) is 5.92 Å². The maximum Gasteiger partial charge on any atom is 0.260 e. The summed E-state index contributed by atoms with van der Waals surface area (Å²) in [6.07, 6.45) is 4.64. The first-order valence-corrected chi connectivity index (χ1v) is 7.55. The smallest absolute Gasteiger partial charge is 0.260 e. The van der Waals surface area contributed by atoms with E-state index < -0.39 is 23.8 Å². The summed E-state index contributed by atoms with van der Waals surface area (Å²) in [5.74, 6) is -4.87. The van der Waals surface area contributed by atoms with E-state index in [1.54, 1.807) is 13.8 Å². The molecule has 0 aromatic rings. The lowest BCUT2D eigenvalue weighted by Crippen LogP contribution is -2.49. The van der Waals surface area contributed by atoms with E-state index in [2.05, 4.69) is 5.32 Å². The van der Waals surface area contributed by atoms with E-state index in [-0.39, 0.29) is 24.0 Å². The predicted molar refractivity (Wildman–Crippen MR) is 71.4 cm³/mol. The van der Waals surface area contributed by atoms with Crippen LogP contribution in [0.2, 0.25) is 0 Å². The molecular formula is C15H23F2NO2. The molecular weight excluding hydrogens is 264 g/mol. The Bertz CT molecular complexity index is 389. The molecule has 2 saturated carbocycles. The van der Waals surface area contributed by atoms with Crippen LogP contribution >= 0.6 is 0 Å². The normalized spacial score (nSPS) is 27.1. The molecule has 5 heteroatoms. The molecule has 0 aliphatic heterocycles. The lowest BCUT2D eigenvalue weighted by atomic mass is 9.80. The summed E-state index contributed by atoms with van der Waals surface area (Å²) in [6, 6.07) is -0.584. The van der Waals surface area contributed by atoms with E-state index in [4.69, 9.17) is 0 Å². The Labute approximate surface area is 118 Å². The minimum absolute atomic E-state index is 0.0331. The van der Waals surface area contributed by atoms with Gasteiger partial charge in [0.15, 0.2) is 5.78 Å². The van der Waals surface area contributed by atoms with Crippen LogP contribution < -0.4 is 5.32 Å². The van der Waals surface area contributed by atoms with Crippen molar-refractivity contribution >= 4 is 11.7 Å². The van der Waals surface area contributed by atoms with E-state index in [0.29, 0.717) is 0 Å². The Hall–Kier alpha value is -1.00. The van der Waals surface area contributed by atoms with Gasteiger partial charge in [0.1, 0.15) is 5.92 Å². The average molecular weight is 287 g/mol. The third-order valence-electron chi connectivity index (χ3n) is 4.44. The Morgan fingerprint density at radius 3 is 2.15 bits per heavy atom. The second kappa shape index (κ2) is 5.78. The van der Waals surface area contributed by atoms with Gasteiger partial charge >= 0.3 is 0 Å². The molecule has 20 heavy (non-hydrogen) atoms. The van der Waals surface area contributed by atoms with Gasteiger partial charge in [0.05, 0.1) is 6.04 Å². The molecule has 0 radical (unpaired) electrons. The maximum atomic E-state index is 13.0. The molecule has 2 aliphatic carbocycles. The summed E-state index contributed by atoms with van der Waals surface area (Å²) in [6.45, 7) is 3.58. The van der Waals surface area contributed by atoms with E-state index in [9.17, 15) is 18.4 Å². The van der Waals surface area contributed by atoms with Crippen molar-refractivity contribution < 1.29 is 18.4 Å². The zero-order chi connectivity index (χ0) is 14.9. The van der Waals surface area contributed by atoms with Crippen LogP contribution in [-0.2, 0) is 9.59 Å². The Morgan fingerprint density at radius 2 is 1.70 bits per heavy atom. The monoisotopic (exact) mass is 287 g/mol. The fourth-order valence-corrected chi connectivity index (χ4v) is 3.00. The lowest BCUT2D eigenvalue weighted by Gasteiger charge is -2.31. The van der Waals surface area contributed by atoms with Crippen LogP contribution in [0, 0.1) is 17.8 Å². The molecule has 1 amide bonds. The van der Waals surface area contributed by atoms with Crippen molar-refractivity contribution in [1.29, 1.82) is 0 Å². The standard InChI is InChI=1S/C15H23F2NO2/c1-9(2)13(19)12(10-6-4-3-5-7-10)18-14(20)11-8-15(11,16)17/h9-12H,3-8H2,1-2H3,(H,18,20)/t11-,12+/m0/s1. The zero-order valence-corrected chi connectivity index (χ0v) is 12.1. The first-order chi connectivity index (χ1) is 9.33. The molecule has 3 nitrogen and oxygen atoms in total. The van der Waals surface area contributed by atoms with Crippen LogP contribution in [0.5, 0.6) is 0 Å². The van der Waals surface area contributed by atoms with Gasteiger partial charge < -0.3 is 5.32 Å². The molecule has 114 valence electrons. The number of ketones is 1. The van der Waals surface area contributed by atoms with Gasteiger partial charge in [-0.15, -0.1) is 0 Å². The van der Waals surface area contributed by atoms with Gasteiger partial charge in [-0.3, -0.25) is 9.59 Å². The molecule has 0 saturated heterocycles. The summed E-state index contributed by atoms with van der Waals surface area (Å²) in [5, 5.41) is 2.62. The Balaban J connectivity index is 2.02. The van der Waals surface area contributed by atoms with Gasteiger partial charge in [-0.05, 0) is 18.8 Å². The lowest BCUT2D eigenvalue weighted by molar-refractivity contribution is -0.132. The van der Waals surface area contributed by atoms with E-state index in [1.807, 2.05) is 0 Å². The highest BCUT2D eigenvalue weighted by Crippen LogP contribution is 2.48. The van der Waals surface area contributed by atoms with Crippen LogP contribution in [0.15, 0.2) is 0 Å². The maximum absolute atomic E-state index is 13.0. The predicted octanol–water partition coefficient (Wildman–Crippen LogP) is 2.93. The number of carbonyl (C=O) groups is 2. The first kappa shape index (κ1) is 15.4. The third kappa shape index (κ3) is 3.36. The molecule has 0 spiro atoms. The number of Topliss-reactive ketones (excluding diaryl/α,β-unsaturated/α-hetero) is 1. The number of halogens is 2. The van der Waals surface area contributed by atoms with Crippen molar-refractivity contribution in [2.24, 2.45) is 17.8 Å². The fraction of sp³-hybridized carbons (Fsp3) is 0.867. The van der Waals surface area contributed by atoms with Crippen molar-refractivity contribution in [3.05, 3.63) is 0 Å². The number of hydrogen-bond acceptors (Lipinski definition) is 2. The van der Waals surface area contributed by atoms with E-state index >= 15 is 0 Å². The highest BCUT2D eigenvalue weighted by atomic mass is 19.3. The second-order valence-electron chi connectivity index (χ2n) is 6.46. The highest BCUT2D eigenvalue weighted by Gasteiger charge is 2.61. The molecule has 0 bridgehead atoms. The minimum Gasteiger partial charge on any atom is -0.346 e. The summed E-state index contributed by atoms with van der Waals surface area (Å²) in [7, 11) is 0. The summed E-state index contributed by atoms with van der Waals surface area (Å²) in [5.41, 5.74) is 0. The molecule has 2 atom stereocenters. The first-order valence-electron chi connectivity index (χ1n) is 7.55. The molecule has 0 aromatic heterocycles. The SMILES string of the molecule is CC(C)C(=O)[C@H](NC(=O)[C@@H]1CC1(F)F)C1CCCCC1. The van der Waals surface area contributed by atoms with Gasteiger partial charge in [-0.25, -0.2) is 8.78 Å². The van der Waals surface area contributed by atoms with Crippen LogP contribution in [0.25, 0.3) is 0 Å². The van der Waals surface area contributed by atoms with Gasteiger partial charge in [-0.1, -0.05) is 33.1 Å². The minimum atomic E-state index is -2.87. The average Bonchev–Trinajstić information content (AvgIpc) is 3.05. The fourth-order valence-electron chi connectivity index (χ4n) is 3.00. The molecule has 2 rings (SSSR count). The largest absolute Gasteiger partial charge is 0.346 e. The van der Waals surface area contributed by atoms with Crippen LogP contribution in [-0.4, -0.2) is 23.7 Å². The molecule has 1 N–H and O–H groups in total. The second-order valence-corrected chi connectivity index (χ2v) is 6.46. The Morgan fingerprint density at radius 1 is 1.15 bits per heavy atom. The molecule has 2 fully saturated rings. The van der Waals surface area contributed by atoms with Crippen LogP contribution in [0.4, 0.5) is 8.78 Å². The number of amides is 1. The molecule has 0 aromatic carbocycles. The van der Waals surface area contributed by atoms with Gasteiger partial charge in [0.2, 0.25) is 5.91 Å². The number of alkyl halides is 2. The van der Waals surface area contributed by atoms with Crippen molar-refractivity contribution in [1.82, 2.24) is 5.32 Å².